The van der Waals surface area contributed by atoms with Crippen molar-refractivity contribution in [2.75, 3.05) is 66.2 Å². The number of ketones is 1. The normalized spacial score (nSPS) is 15.9. The van der Waals surface area contributed by atoms with E-state index in [1.165, 1.54) is 33.3 Å². The van der Waals surface area contributed by atoms with Gasteiger partial charge in [-0.1, -0.05) is 13.8 Å². The number of aliphatic hydroxyl groups excluding tert-OH is 1. The molecule has 0 saturated heterocycles. The summed E-state index contributed by atoms with van der Waals surface area (Å²) in [6, 6.07) is 6.87. The lowest BCUT2D eigenvalue weighted by Gasteiger charge is -2.35. The first-order valence-corrected chi connectivity index (χ1v) is 18.9. The Kier molecular flexibility index (Phi) is 15.2. The van der Waals surface area contributed by atoms with E-state index in [1.807, 2.05) is 6.07 Å². The third kappa shape index (κ3) is 11.2. The number of nitrogens with zero attached hydrogens (tertiary/aromatic N) is 5. The number of nitriles is 1. The fourth-order valence-electron chi connectivity index (χ4n) is 6.23. The summed E-state index contributed by atoms with van der Waals surface area (Å²) in [5, 5.41) is 22.9. The standard InChI is InChI=1S/C39H48N6O10S/c1-24-25(2)37(51)35(26(3)36(24)50)39(4,5)22-34(49)43(6)14-15-44(38(52)55-27-7-8-28-29(21-27)56-31(23-40)42-28)16-18-54-20-19-53-17-11-30(46)41-12-13-45-32(47)9-10-33(45)48/h7-10,21,36,50H,11-20,22H2,1-6H3,(H,41,46). The number of likely N-dealkylation sites (N-methyl/N-ethyl adjacent to an activating group) is 1. The molecule has 2 aromatic rings. The lowest BCUT2D eigenvalue weighted by molar-refractivity contribution is -0.137. The molecule has 2 heterocycles. The number of imide groups is 1. The molecule has 1 aliphatic heterocycles. The number of nitrogens with one attached hydrogen (secondary N) is 1. The van der Waals surface area contributed by atoms with Gasteiger partial charge < -0.3 is 34.4 Å². The zero-order valence-electron chi connectivity index (χ0n) is 32.5. The van der Waals surface area contributed by atoms with Crippen LogP contribution in [0.25, 0.3) is 10.2 Å². The van der Waals surface area contributed by atoms with Gasteiger partial charge in [0.1, 0.15) is 11.8 Å². The van der Waals surface area contributed by atoms with Gasteiger partial charge in [0.2, 0.25) is 11.8 Å². The van der Waals surface area contributed by atoms with E-state index in [0.717, 1.165) is 4.90 Å². The lowest BCUT2D eigenvalue weighted by atomic mass is 9.70. The van der Waals surface area contributed by atoms with E-state index >= 15 is 0 Å². The van der Waals surface area contributed by atoms with Crippen LogP contribution in [0.1, 0.15) is 52.5 Å². The maximum absolute atomic E-state index is 13.5. The molecular weight excluding hydrogens is 745 g/mol. The van der Waals surface area contributed by atoms with Gasteiger partial charge in [0.25, 0.3) is 11.8 Å². The lowest BCUT2D eigenvalue weighted by Crippen LogP contribution is -2.43. The quantitative estimate of drug-likeness (QED) is 0.156. The minimum absolute atomic E-state index is 0.00589. The average molecular weight is 793 g/mol. The molecule has 1 aliphatic carbocycles. The largest absolute Gasteiger partial charge is 0.415 e. The van der Waals surface area contributed by atoms with Gasteiger partial charge in [-0.15, -0.1) is 11.3 Å². The van der Waals surface area contributed by atoms with Gasteiger partial charge in [0.05, 0.1) is 42.7 Å². The molecule has 1 aromatic heterocycles. The van der Waals surface area contributed by atoms with Crippen molar-refractivity contribution in [2.24, 2.45) is 5.41 Å². The number of Topliss-reactive ketones (excluding diaryl/α,β-unsaturated/α-hetero) is 1. The van der Waals surface area contributed by atoms with E-state index in [2.05, 4.69) is 10.3 Å². The molecule has 17 heteroatoms. The number of amides is 5. The molecule has 0 radical (unpaired) electrons. The number of hydrogen-bond donors (Lipinski definition) is 2. The zero-order valence-corrected chi connectivity index (χ0v) is 33.3. The molecule has 5 amide bonds. The Bertz CT molecular complexity index is 1980. The summed E-state index contributed by atoms with van der Waals surface area (Å²) in [4.78, 5) is 83.6. The number of ether oxygens (including phenoxy) is 3. The first-order chi connectivity index (χ1) is 26.5. The number of fused-ring (bicyclic) bond motifs is 1. The minimum Gasteiger partial charge on any atom is -0.410 e. The first kappa shape index (κ1) is 43.4. The zero-order chi connectivity index (χ0) is 41.2. The third-order valence-electron chi connectivity index (χ3n) is 9.60. The third-order valence-corrected chi connectivity index (χ3v) is 10.5. The van der Waals surface area contributed by atoms with Crippen LogP contribution in [-0.4, -0.2) is 133 Å². The molecule has 0 saturated carbocycles. The van der Waals surface area contributed by atoms with Crippen LogP contribution in [0.4, 0.5) is 4.79 Å². The number of benzene rings is 1. The fraction of sp³-hybridized carbons (Fsp3) is 0.487. The SMILES string of the molecule is CC1=C(C)C(O)C(C)=C(C(C)(C)CC(=O)N(C)CCN(CCOCCOCCC(=O)NCCN2C(=O)C=CC2=O)C(=O)Oc2ccc3nc(C#N)sc3c2)C1=O. The number of carbonyl (C=O) groups excluding carboxylic acids is 6. The van der Waals surface area contributed by atoms with Crippen molar-refractivity contribution in [3.05, 3.63) is 57.7 Å². The van der Waals surface area contributed by atoms with Gasteiger partial charge in [0.15, 0.2) is 10.8 Å². The smallest absolute Gasteiger partial charge is 0.410 e. The van der Waals surface area contributed by atoms with Crippen LogP contribution in [0.2, 0.25) is 0 Å². The van der Waals surface area contributed by atoms with Gasteiger partial charge in [-0.05, 0) is 49.6 Å². The molecule has 300 valence electrons. The van der Waals surface area contributed by atoms with Crippen LogP contribution in [0.3, 0.4) is 0 Å². The number of carbonyl (C=O) groups is 6. The molecule has 0 bridgehead atoms. The van der Waals surface area contributed by atoms with Gasteiger partial charge in [-0.3, -0.25) is 28.9 Å². The highest BCUT2D eigenvalue weighted by Crippen LogP contribution is 2.40. The second-order valence-electron chi connectivity index (χ2n) is 14.1. The number of aromatic nitrogens is 1. The second-order valence-corrected chi connectivity index (χ2v) is 15.1. The highest BCUT2D eigenvalue weighted by molar-refractivity contribution is 7.19. The van der Waals surface area contributed by atoms with Crippen LogP contribution in [-0.2, 0) is 33.4 Å². The van der Waals surface area contributed by atoms with Crippen molar-refractivity contribution in [1.29, 1.82) is 5.26 Å². The minimum atomic E-state index is -0.891. The Morgan fingerprint density at radius 1 is 1.00 bits per heavy atom. The van der Waals surface area contributed by atoms with Crippen molar-refractivity contribution >= 4 is 57.1 Å². The van der Waals surface area contributed by atoms with Crippen molar-refractivity contribution in [1.82, 2.24) is 25.0 Å². The molecule has 16 nitrogen and oxygen atoms in total. The molecule has 4 rings (SSSR count). The highest BCUT2D eigenvalue weighted by atomic mass is 32.1. The average Bonchev–Trinajstić information content (AvgIpc) is 3.72. The Morgan fingerprint density at radius 3 is 2.36 bits per heavy atom. The fourth-order valence-corrected chi connectivity index (χ4v) is 7.03. The van der Waals surface area contributed by atoms with Crippen molar-refractivity contribution in [2.45, 2.75) is 53.6 Å². The van der Waals surface area contributed by atoms with E-state index in [9.17, 15) is 39.1 Å². The van der Waals surface area contributed by atoms with Gasteiger partial charge >= 0.3 is 6.09 Å². The van der Waals surface area contributed by atoms with Crippen molar-refractivity contribution < 1.29 is 48.1 Å². The second kappa shape index (κ2) is 19.5. The maximum Gasteiger partial charge on any atom is 0.415 e. The summed E-state index contributed by atoms with van der Waals surface area (Å²) < 4.78 is 17.5. The summed E-state index contributed by atoms with van der Waals surface area (Å²) in [7, 11) is 1.61. The molecule has 1 unspecified atom stereocenters. The van der Waals surface area contributed by atoms with E-state index < -0.39 is 29.4 Å². The Balaban J connectivity index is 1.27. The topological polar surface area (TPSA) is 209 Å². The van der Waals surface area contributed by atoms with Crippen LogP contribution in [0.15, 0.2) is 52.6 Å². The summed E-state index contributed by atoms with van der Waals surface area (Å²) in [5.41, 5.74) is 1.76. The van der Waals surface area contributed by atoms with Crippen molar-refractivity contribution in [3.8, 4) is 11.8 Å². The van der Waals surface area contributed by atoms with E-state index in [1.54, 1.807) is 59.9 Å². The predicted molar refractivity (Wildman–Crippen MR) is 205 cm³/mol. The van der Waals surface area contributed by atoms with Gasteiger partial charge in [0, 0.05) is 81.8 Å². The molecule has 56 heavy (non-hydrogen) atoms. The number of rotatable bonds is 19. The number of allylic oxidation sites excluding steroid dienone is 2. The summed E-state index contributed by atoms with van der Waals surface area (Å²) in [6.45, 7) is 9.84. The van der Waals surface area contributed by atoms with Crippen LogP contribution >= 0.6 is 11.3 Å². The van der Waals surface area contributed by atoms with Crippen LogP contribution in [0, 0.1) is 16.7 Å². The molecular formula is C39H48N6O10S. The Labute approximate surface area is 329 Å². The summed E-state index contributed by atoms with van der Waals surface area (Å²) in [5.74, 6) is -1.31. The van der Waals surface area contributed by atoms with Gasteiger partial charge in [-0.2, -0.15) is 5.26 Å². The van der Waals surface area contributed by atoms with E-state index in [-0.39, 0.29) is 100 Å². The predicted octanol–water partition coefficient (Wildman–Crippen LogP) is 2.90. The number of thiazole rings is 1. The molecule has 1 atom stereocenters. The highest BCUT2D eigenvalue weighted by Gasteiger charge is 2.39. The molecule has 0 spiro atoms. The number of aliphatic hydroxyl groups is 1. The van der Waals surface area contributed by atoms with E-state index in [0.29, 0.717) is 32.5 Å². The molecule has 2 aliphatic rings. The molecule has 1 aromatic carbocycles. The molecule has 2 N–H and O–H groups in total. The summed E-state index contributed by atoms with van der Waals surface area (Å²) in [6.07, 6.45) is 0.851. The van der Waals surface area contributed by atoms with Crippen LogP contribution < -0.4 is 10.1 Å². The summed E-state index contributed by atoms with van der Waals surface area (Å²) >= 11 is 1.17. The molecule has 0 fully saturated rings. The maximum atomic E-state index is 13.5. The Morgan fingerprint density at radius 2 is 1.68 bits per heavy atom. The first-order valence-electron chi connectivity index (χ1n) is 18.1. The van der Waals surface area contributed by atoms with E-state index in [4.69, 9.17) is 14.2 Å². The van der Waals surface area contributed by atoms with Gasteiger partial charge in [-0.25, -0.2) is 9.78 Å². The van der Waals surface area contributed by atoms with Crippen LogP contribution in [0.5, 0.6) is 5.75 Å². The Hall–Kier alpha value is -5.28. The van der Waals surface area contributed by atoms with Crippen molar-refractivity contribution in [3.63, 3.8) is 0 Å². The number of hydrogen-bond acceptors (Lipinski definition) is 13. The monoisotopic (exact) mass is 792 g/mol.